The molecule has 130 valence electrons. The molecular weight excluding hydrogens is 314 g/mol. The van der Waals surface area contributed by atoms with E-state index in [1.807, 2.05) is 31.7 Å². The largest absolute Gasteiger partial charge is 0.371 e. The van der Waals surface area contributed by atoms with Gasteiger partial charge in [0.25, 0.3) is 0 Å². The molecule has 1 fully saturated rings. The van der Waals surface area contributed by atoms with E-state index in [0.29, 0.717) is 12.5 Å². The zero-order chi connectivity index (χ0) is 17.2. The van der Waals surface area contributed by atoms with Gasteiger partial charge in [0, 0.05) is 56.5 Å². The Hall–Kier alpha value is -2.70. The van der Waals surface area contributed by atoms with Crippen molar-refractivity contribution in [1.29, 1.82) is 0 Å². The third-order valence-electron chi connectivity index (χ3n) is 5.12. The summed E-state index contributed by atoms with van der Waals surface area (Å²) in [6.07, 6.45) is 9.71. The first kappa shape index (κ1) is 15.8. The van der Waals surface area contributed by atoms with Crippen molar-refractivity contribution in [3.05, 3.63) is 54.4 Å². The van der Waals surface area contributed by atoms with Gasteiger partial charge in [-0.3, -0.25) is 4.98 Å². The van der Waals surface area contributed by atoms with Gasteiger partial charge in [0.05, 0.1) is 6.54 Å². The topological polar surface area (TPSA) is 64.7 Å². The van der Waals surface area contributed by atoms with Crippen LogP contribution in [0.15, 0.2) is 36.9 Å². The van der Waals surface area contributed by atoms with Gasteiger partial charge in [0.15, 0.2) is 5.82 Å². The van der Waals surface area contributed by atoms with Crippen molar-refractivity contribution in [2.75, 3.05) is 18.0 Å². The first-order valence-corrected chi connectivity index (χ1v) is 8.73. The molecule has 7 nitrogen and oxygen atoms in total. The number of hydrogen-bond donors (Lipinski definition) is 0. The van der Waals surface area contributed by atoms with Gasteiger partial charge in [0.2, 0.25) is 0 Å². The molecule has 0 radical (unpaired) electrons. The third-order valence-corrected chi connectivity index (χ3v) is 5.12. The lowest BCUT2D eigenvalue weighted by atomic mass is 9.95. The highest BCUT2D eigenvalue weighted by atomic mass is 15.3. The second-order valence-corrected chi connectivity index (χ2v) is 6.60. The average molecular weight is 337 g/mol. The molecule has 3 aromatic heterocycles. The molecule has 0 amide bonds. The first-order valence-electron chi connectivity index (χ1n) is 8.73. The summed E-state index contributed by atoms with van der Waals surface area (Å²) in [7, 11) is 2.08. The summed E-state index contributed by atoms with van der Waals surface area (Å²) in [5.41, 5.74) is 1.25. The van der Waals surface area contributed by atoms with Crippen LogP contribution in [0.2, 0.25) is 0 Å². The summed E-state index contributed by atoms with van der Waals surface area (Å²) in [5, 5.41) is 8.92. The van der Waals surface area contributed by atoms with Crippen molar-refractivity contribution in [3.63, 3.8) is 0 Å². The molecule has 3 aromatic rings. The molecule has 0 aliphatic carbocycles. The van der Waals surface area contributed by atoms with Crippen LogP contribution in [0.4, 0.5) is 5.69 Å². The molecule has 7 heteroatoms. The fourth-order valence-electron chi connectivity index (χ4n) is 3.54. The fraction of sp³-hybridized carbons (Fsp3) is 0.444. The van der Waals surface area contributed by atoms with Gasteiger partial charge in [-0.05, 0) is 31.9 Å². The van der Waals surface area contributed by atoms with E-state index < -0.39 is 0 Å². The number of nitrogens with zero attached hydrogens (tertiary/aromatic N) is 7. The van der Waals surface area contributed by atoms with E-state index >= 15 is 0 Å². The molecule has 0 N–H and O–H groups in total. The van der Waals surface area contributed by atoms with E-state index in [-0.39, 0.29) is 0 Å². The predicted octanol–water partition coefficient (Wildman–Crippen LogP) is 2.15. The molecule has 1 aliphatic heterocycles. The summed E-state index contributed by atoms with van der Waals surface area (Å²) in [4.78, 5) is 10.8. The first-order chi connectivity index (χ1) is 12.2. The van der Waals surface area contributed by atoms with Gasteiger partial charge in [-0.1, -0.05) is 0 Å². The minimum absolute atomic E-state index is 0.466. The number of aryl methyl sites for hydroxylation is 1. The molecule has 0 aromatic carbocycles. The van der Waals surface area contributed by atoms with E-state index in [1.165, 1.54) is 5.69 Å². The number of pyridine rings is 1. The summed E-state index contributed by atoms with van der Waals surface area (Å²) in [6, 6.07) is 4.16. The summed E-state index contributed by atoms with van der Waals surface area (Å²) in [6.45, 7) is 4.80. The van der Waals surface area contributed by atoms with Crippen LogP contribution in [0.3, 0.4) is 0 Å². The van der Waals surface area contributed by atoms with Crippen LogP contribution in [0.1, 0.15) is 36.2 Å². The maximum absolute atomic E-state index is 4.50. The lowest BCUT2D eigenvalue weighted by Crippen LogP contribution is -2.33. The molecule has 4 heterocycles. The number of anilines is 1. The molecule has 25 heavy (non-hydrogen) atoms. The van der Waals surface area contributed by atoms with E-state index in [0.717, 1.165) is 43.4 Å². The van der Waals surface area contributed by atoms with Crippen molar-refractivity contribution in [2.24, 2.45) is 7.05 Å². The van der Waals surface area contributed by atoms with Crippen LogP contribution in [-0.2, 0) is 13.6 Å². The quantitative estimate of drug-likeness (QED) is 0.730. The van der Waals surface area contributed by atoms with Crippen molar-refractivity contribution >= 4 is 5.69 Å². The Morgan fingerprint density at radius 3 is 2.52 bits per heavy atom. The number of imidazole rings is 1. The maximum Gasteiger partial charge on any atom is 0.152 e. The molecule has 0 saturated carbocycles. The number of piperidine rings is 1. The molecule has 1 aliphatic rings. The van der Waals surface area contributed by atoms with Gasteiger partial charge in [0.1, 0.15) is 11.6 Å². The van der Waals surface area contributed by atoms with Crippen LogP contribution >= 0.6 is 0 Å². The molecule has 1 saturated heterocycles. The zero-order valence-corrected chi connectivity index (χ0v) is 14.7. The molecule has 0 bridgehead atoms. The van der Waals surface area contributed by atoms with Crippen LogP contribution in [0, 0.1) is 6.92 Å². The summed E-state index contributed by atoms with van der Waals surface area (Å²) in [5.74, 6) is 3.54. The van der Waals surface area contributed by atoms with Crippen LogP contribution < -0.4 is 4.90 Å². The number of rotatable bonds is 4. The highest BCUT2D eigenvalue weighted by molar-refractivity contribution is 5.45. The monoisotopic (exact) mass is 337 g/mol. The smallest absolute Gasteiger partial charge is 0.152 e. The van der Waals surface area contributed by atoms with E-state index in [2.05, 4.69) is 53.4 Å². The summed E-state index contributed by atoms with van der Waals surface area (Å²) < 4.78 is 4.26. The van der Waals surface area contributed by atoms with Crippen LogP contribution in [0.5, 0.6) is 0 Å². The highest BCUT2D eigenvalue weighted by Crippen LogP contribution is 2.29. The third kappa shape index (κ3) is 3.14. The lowest BCUT2D eigenvalue weighted by Gasteiger charge is -2.33. The Morgan fingerprint density at radius 1 is 1.08 bits per heavy atom. The highest BCUT2D eigenvalue weighted by Gasteiger charge is 2.25. The van der Waals surface area contributed by atoms with E-state index in [9.17, 15) is 0 Å². The predicted molar refractivity (Wildman–Crippen MR) is 95.5 cm³/mol. The minimum Gasteiger partial charge on any atom is -0.371 e. The molecule has 0 unspecified atom stereocenters. The second kappa shape index (κ2) is 6.66. The van der Waals surface area contributed by atoms with E-state index in [1.54, 1.807) is 0 Å². The van der Waals surface area contributed by atoms with Gasteiger partial charge in [-0.2, -0.15) is 0 Å². The minimum atomic E-state index is 0.466. The number of hydrogen-bond acceptors (Lipinski definition) is 5. The Balaban J connectivity index is 1.44. The fourth-order valence-corrected chi connectivity index (χ4v) is 3.54. The van der Waals surface area contributed by atoms with Crippen molar-refractivity contribution in [1.82, 2.24) is 29.3 Å². The zero-order valence-electron chi connectivity index (χ0n) is 14.7. The van der Waals surface area contributed by atoms with Crippen LogP contribution in [-0.4, -0.2) is 42.4 Å². The van der Waals surface area contributed by atoms with Gasteiger partial charge in [-0.25, -0.2) is 4.98 Å². The standard InChI is InChI=1S/C18H23N7/c1-14-20-9-12-25(14)13-17-21-22-18(23(17)2)15-5-10-24(11-6-15)16-3-7-19-8-4-16/h3-4,7-9,12,15H,5-6,10-11,13H2,1-2H3. The molecule has 0 spiro atoms. The summed E-state index contributed by atoms with van der Waals surface area (Å²) >= 11 is 0. The number of aromatic nitrogens is 6. The van der Waals surface area contributed by atoms with Gasteiger partial charge in [-0.15, -0.1) is 10.2 Å². The molecular formula is C18H23N7. The maximum atomic E-state index is 4.50. The normalized spacial score (nSPS) is 15.7. The Labute approximate surface area is 147 Å². The van der Waals surface area contributed by atoms with Crippen molar-refractivity contribution < 1.29 is 0 Å². The lowest BCUT2D eigenvalue weighted by molar-refractivity contribution is 0.472. The Morgan fingerprint density at radius 2 is 1.84 bits per heavy atom. The SMILES string of the molecule is Cc1nccn1Cc1nnc(C2CCN(c3ccncc3)CC2)n1C. The second-order valence-electron chi connectivity index (χ2n) is 6.60. The molecule has 0 atom stereocenters. The van der Waals surface area contributed by atoms with Crippen LogP contribution in [0.25, 0.3) is 0 Å². The Bertz CT molecular complexity index is 828. The van der Waals surface area contributed by atoms with Gasteiger partial charge >= 0.3 is 0 Å². The van der Waals surface area contributed by atoms with Crippen molar-refractivity contribution in [2.45, 2.75) is 32.2 Å². The van der Waals surface area contributed by atoms with Gasteiger partial charge < -0.3 is 14.0 Å². The van der Waals surface area contributed by atoms with Crippen molar-refractivity contribution in [3.8, 4) is 0 Å². The molecule has 4 rings (SSSR count). The van der Waals surface area contributed by atoms with E-state index in [4.69, 9.17) is 0 Å². The Kier molecular flexibility index (Phi) is 4.21. The average Bonchev–Trinajstić information content (AvgIpc) is 3.23.